The molecule has 2 aromatic rings. The number of amides is 1. The highest BCUT2D eigenvalue weighted by atomic mass is 32.2. The predicted octanol–water partition coefficient (Wildman–Crippen LogP) is 2.64. The Morgan fingerprint density at radius 3 is 2.59 bits per heavy atom. The molecule has 1 aliphatic rings. The van der Waals surface area contributed by atoms with Crippen molar-refractivity contribution in [3.63, 3.8) is 0 Å². The molecule has 1 atom stereocenters. The van der Waals surface area contributed by atoms with E-state index in [0.717, 1.165) is 13.0 Å². The maximum Gasteiger partial charge on any atom is 0.283 e. The number of nitrogens with zero attached hydrogens (tertiary/aromatic N) is 1. The van der Waals surface area contributed by atoms with Gasteiger partial charge in [-0.05, 0) is 37.4 Å². The van der Waals surface area contributed by atoms with Crippen LogP contribution in [0, 0.1) is 10.1 Å². The number of carbonyl (C=O) groups is 2. The smallest absolute Gasteiger partial charge is 0.283 e. The van der Waals surface area contributed by atoms with Crippen LogP contribution in [0.2, 0.25) is 0 Å². The van der Waals surface area contributed by atoms with Crippen LogP contribution in [0.4, 0.5) is 5.69 Å². The van der Waals surface area contributed by atoms with Crippen LogP contribution in [0.5, 0.6) is 0 Å². The Labute approximate surface area is 160 Å². The molecule has 0 spiro atoms. The van der Waals surface area contributed by atoms with E-state index in [1.807, 2.05) is 0 Å². The minimum atomic E-state index is -0.506. The number of carbonyl (C=O) groups excluding carboxylic acids is 2. The third kappa shape index (κ3) is 4.17. The minimum absolute atomic E-state index is 0.0302. The molecule has 7 nitrogen and oxygen atoms in total. The molecule has 0 aromatic heterocycles. The average molecular weight is 385 g/mol. The van der Waals surface area contributed by atoms with Crippen LogP contribution in [-0.4, -0.2) is 42.0 Å². The molecule has 1 fully saturated rings. The van der Waals surface area contributed by atoms with Crippen molar-refractivity contribution in [2.24, 2.45) is 0 Å². The summed E-state index contributed by atoms with van der Waals surface area (Å²) in [6.45, 7) is 1.54. The maximum atomic E-state index is 13.0. The van der Waals surface area contributed by atoms with Gasteiger partial charge in [-0.3, -0.25) is 19.7 Å². The fourth-order valence-electron chi connectivity index (χ4n) is 3.05. The second-order valence-corrected chi connectivity index (χ2v) is 7.03. The molecule has 27 heavy (non-hydrogen) atoms. The summed E-state index contributed by atoms with van der Waals surface area (Å²) in [4.78, 5) is 36.8. The molecule has 1 amide bonds. The fraction of sp³-hybridized carbons (Fsp3) is 0.263. The van der Waals surface area contributed by atoms with Crippen LogP contribution in [0.3, 0.4) is 0 Å². The molecule has 1 heterocycles. The van der Waals surface area contributed by atoms with Crippen LogP contribution in [0.1, 0.15) is 32.7 Å². The predicted molar refractivity (Wildman–Crippen MR) is 103 cm³/mol. The zero-order chi connectivity index (χ0) is 19.4. The van der Waals surface area contributed by atoms with Crippen LogP contribution in [0.15, 0.2) is 47.4 Å². The van der Waals surface area contributed by atoms with Crippen molar-refractivity contribution in [1.29, 1.82) is 0 Å². The number of ketones is 1. The number of thioether (sulfide) groups is 1. The van der Waals surface area contributed by atoms with E-state index in [1.165, 1.54) is 17.8 Å². The number of nitrogens with one attached hydrogen (secondary N) is 2. The van der Waals surface area contributed by atoms with Crippen molar-refractivity contribution in [3.05, 3.63) is 69.3 Å². The molecule has 2 aromatic carbocycles. The molecule has 0 bridgehead atoms. The van der Waals surface area contributed by atoms with E-state index in [2.05, 4.69) is 10.6 Å². The average Bonchev–Trinajstić information content (AvgIpc) is 3.19. The lowest BCUT2D eigenvalue weighted by Gasteiger charge is -2.13. The van der Waals surface area contributed by atoms with Crippen LogP contribution in [0.25, 0.3) is 0 Å². The number of nitro benzene ring substituents is 1. The van der Waals surface area contributed by atoms with Gasteiger partial charge in [0.1, 0.15) is 0 Å². The van der Waals surface area contributed by atoms with Crippen molar-refractivity contribution >= 4 is 29.1 Å². The number of nitro groups is 1. The van der Waals surface area contributed by atoms with E-state index in [4.69, 9.17) is 0 Å². The minimum Gasteiger partial charge on any atom is -0.348 e. The van der Waals surface area contributed by atoms with Crippen LogP contribution in [-0.2, 0) is 0 Å². The molecule has 8 heteroatoms. The van der Waals surface area contributed by atoms with Crippen LogP contribution < -0.4 is 10.6 Å². The van der Waals surface area contributed by atoms with E-state index < -0.39 is 10.7 Å². The third-order valence-corrected chi connectivity index (χ3v) is 5.23. The van der Waals surface area contributed by atoms with Crippen LogP contribution >= 0.6 is 11.8 Å². The number of benzene rings is 2. The quantitative estimate of drug-likeness (QED) is 0.343. The molecule has 140 valence electrons. The zero-order valence-electron chi connectivity index (χ0n) is 14.7. The first-order valence-electron chi connectivity index (χ1n) is 8.49. The summed E-state index contributed by atoms with van der Waals surface area (Å²) in [6, 6.07) is 10.9. The van der Waals surface area contributed by atoms with Gasteiger partial charge in [0.15, 0.2) is 5.78 Å². The highest BCUT2D eigenvalue weighted by molar-refractivity contribution is 7.98. The Balaban J connectivity index is 1.92. The zero-order valence-corrected chi connectivity index (χ0v) is 15.5. The lowest BCUT2D eigenvalue weighted by atomic mass is 9.97. The summed E-state index contributed by atoms with van der Waals surface area (Å²) < 4.78 is 0. The first kappa shape index (κ1) is 19.1. The van der Waals surface area contributed by atoms with Crippen molar-refractivity contribution < 1.29 is 14.5 Å². The molecular formula is C19H19N3O4S. The van der Waals surface area contributed by atoms with E-state index in [-0.39, 0.29) is 34.3 Å². The highest BCUT2D eigenvalue weighted by Gasteiger charge is 2.23. The summed E-state index contributed by atoms with van der Waals surface area (Å²) in [5.74, 6) is -0.732. The largest absolute Gasteiger partial charge is 0.348 e. The van der Waals surface area contributed by atoms with E-state index >= 15 is 0 Å². The molecule has 0 aliphatic carbocycles. The van der Waals surface area contributed by atoms with Crippen molar-refractivity contribution in [3.8, 4) is 0 Å². The van der Waals surface area contributed by atoms with E-state index in [9.17, 15) is 19.7 Å². The van der Waals surface area contributed by atoms with Gasteiger partial charge in [0, 0.05) is 29.8 Å². The van der Waals surface area contributed by atoms with Gasteiger partial charge in [0.05, 0.1) is 15.4 Å². The second-order valence-electron chi connectivity index (χ2n) is 6.18. The van der Waals surface area contributed by atoms with Gasteiger partial charge in [0.2, 0.25) is 0 Å². The maximum absolute atomic E-state index is 13.0. The van der Waals surface area contributed by atoms with Gasteiger partial charge < -0.3 is 10.6 Å². The highest BCUT2D eigenvalue weighted by Crippen LogP contribution is 2.29. The fourth-order valence-corrected chi connectivity index (χ4v) is 3.60. The lowest BCUT2D eigenvalue weighted by molar-refractivity contribution is -0.387. The Bertz CT molecular complexity index is 894. The summed E-state index contributed by atoms with van der Waals surface area (Å²) >= 11 is 1.24. The third-order valence-electron chi connectivity index (χ3n) is 4.45. The van der Waals surface area contributed by atoms with Crippen molar-refractivity contribution in [2.45, 2.75) is 17.4 Å². The summed E-state index contributed by atoms with van der Waals surface area (Å²) in [5, 5.41) is 17.4. The Hall–Kier alpha value is -2.71. The first-order valence-corrected chi connectivity index (χ1v) is 9.71. The molecule has 1 unspecified atom stereocenters. The van der Waals surface area contributed by atoms with Crippen molar-refractivity contribution in [1.82, 2.24) is 10.6 Å². The molecule has 0 radical (unpaired) electrons. The number of hydrogen-bond acceptors (Lipinski definition) is 6. The van der Waals surface area contributed by atoms with Gasteiger partial charge in [-0.1, -0.05) is 18.2 Å². The second kappa shape index (κ2) is 8.32. The normalized spacial score (nSPS) is 16.1. The Kier molecular flexibility index (Phi) is 5.88. The van der Waals surface area contributed by atoms with Gasteiger partial charge in [0.25, 0.3) is 11.6 Å². The molecule has 1 aliphatic heterocycles. The Morgan fingerprint density at radius 2 is 1.96 bits per heavy atom. The van der Waals surface area contributed by atoms with Gasteiger partial charge in [-0.15, -0.1) is 11.8 Å². The standard InChI is InChI=1S/C19H19N3O4S/c1-27-17-7-6-12(10-16(17)22(25)26)18(23)14-4-2-3-5-15(14)19(24)21-13-8-9-20-11-13/h2-7,10,13,20H,8-9,11H2,1H3,(H,21,24). The van der Waals surface area contributed by atoms with Crippen molar-refractivity contribution in [2.75, 3.05) is 19.3 Å². The van der Waals surface area contributed by atoms with Gasteiger partial charge in [-0.25, -0.2) is 0 Å². The molecule has 1 saturated heterocycles. The van der Waals surface area contributed by atoms with E-state index in [0.29, 0.717) is 11.4 Å². The molecule has 2 N–H and O–H groups in total. The number of rotatable bonds is 6. The molecule has 3 rings (SSSR count). The monoisotopic (exact) mass is 385 g/mol. The van der Waals surface area contributed by atoms with Gasteiger partial charge in [-0.2, -0.15) is 0 Å². The summed E-state index contributed by atoms with van der Waals surface area (Å²) in [7, 11) is 0. The van der Waals surface area contributed by atoms with E-state index in [1.54, 1.807) is 42.7 Å². The molecular weight excluding hydrogens is 366 g/mol. The lowest BCUT2D eigenvalue weighted by Crippen LogP contribution is -2.36. The Morgan fingerprint density at radius 1 is 1.22 bits per heavy atom. The summed E-state index contributed by atoms with van der Waals surface area (Å²) in [5.41, 5.74) is 0.563. The van der Waals surface area contributed by atoms with Gasteiger partial charge >= 0.3 is 0 Å². The number of hydrogen-bond donors (Lipinski definition) is 2. The summed E-state index contributed by atoms with van der Waals surface area (Å²) in [6.07, 6.45) is 2.57. The first-order chi connectivity index (χ1) is 13.0. The SMILES string of the molecule is CSc1ccc(C(=O)c2ccccc2C(=O)NC2CCNC2)cc1[N+](=O)[O-]. The molecule has 0 saturated carbocycles. The topological polar surface area (TPSA) is 101 Å².